The maximum Gasteiger partial charge on any atom is 0.188 e. The average Bonchev–Trinajstić information content (AvgIpc) is 2.77. The molecule has 0 aliphatic carbocycles. The fourth-order valence-electron chi connectivity index (χ4n) is 2.01. The lowest BCUT2D eigenvalue weighted by atomic mass is 10.1. The van der Waals surface area contributed by atoms with E-state index in [1.54, 1.807) is 0 Å². The Hall–Kier alpha value is -1.57. The first-order chi connectivity index (χ1) is 9.66. The molecule has 0 saturated heterocycles. The fraction of sp³-hybridized carbons (Fsp3) is 0.333. The Balaban J connectivity index is 0.00000220. The van der Waals surface area contributed by atoms with Crippen LogP contribution in [0.1, 0.15) is 22.5 Å². The largest absolute Gasteiger partial charge is 0.370 e. The Labute approximate surface area is 142 Å². The fourth-order valence-corrected chi connectivity index (χ4v) is 2.01. The molecule has 0 atom stereocenters. The van der Waals surface area contributed by atoms with Crippen molar-refractivity contribution in [2.24, 2.45) is 10.7 Å². The normalized spacial score (nSPS) is 11.0. The second-order valence-corrected chi connectivity index (χ2v) is 4.78. The summed E-state index contributed by atoms with van der Waals surface area (Å²) in [5.74, 6) is 0.473. The third-order valence-electron chi connectivity index (χ3n) is 3.25. The number of hydrogen-bond acceptors (Lipinski definition) is 2. The van der Waals surface area contributed by atoms with Crippen LogP contribution in [0.4, 0.5) is 0 Å². The zero-order valence-electron chi connectivity index (χ0n) is 12.4. The van der Waals surface area contributed by atoms with Crippen molar-refractivity contribution >= 4 is 29.9 Å². The van der Waals surface area contributed by atoms with Gasteiger partial charge in [-0.25, -0.2) is 4.99 Å². The van der Waals surface area contributed by atoms with E-state index in [0.29, 0.717) is 12.5 Å². The van der Waals surface area contributed by atoms with Crippen LogP contribution in [-0.4, -0.2) is 22.7 Å². The number of H-pyrrole nitrogens is 1. The Bertz CT molecular complexity index is 558. The third kappa shape index (κ3) is 5.37. The van der Waals surface area contributed by atoms with Crippen LogP contribution in [0, 0.1) is 13.8 Å². The molecule has 0 spiro atoms. The van der Waals surface area contributed by atoms with E-state index in [9.17, 15) is 0 Å². The predicted molar refractivity (Wildman–Crippen MR) is 97.0 cm³/mol. The van der Waals surface area contributed by atoms with Gasteiger partial charge in [0.1, 0.15) is 0 Å². The third-order valence-corrected chi connectivity index (χ3v) is 3.25. The van der Waals surface area contributed by atoms with E-state index in [1.807, 2.05) is 32.0 Å². The molecule has 2 aromatic rings. The van der Waals surface area contributed by atoms with Crippen molar-refractivity contribution in [2.75, 3.05) is 6.54 Å². The zero-order valence-corrected chi connectivity index (χ0v) is 14.7. The SMILES string of the molecule is Cc1n[nH]c(C)c1CN=C(N)NCCc1ccccc1.I. The van der Waals surface area contributed by atoms with Crippen molar-refractivity contribution in [3.63, 3.8) is 0 Å². The van der Waals surface area contributed by atoms with Gasteiger partial charge in [0, 0.05) is 17.8 Å². The molecule has 114 valence electrons. The van der Waals surface area contributed by atoms with Crippen LogP contribution in [0.25, 0.3) is 0 Å². The minimum absolute atomic E-state index is 0. The summed E-state index contributed by atoms with van der Waals surface area (Å²) in [5.41, 5.74) is 10.3. The van der Waals surface area contributed by atoms with E-state index in [1.165, 1.54) is 5.56 Å². The van der Waals surface area contributed by atoms with Gasteiger partial charge in [-0.1, -0.05) is 30.3 Å². The highest BCUT2D eigenvalue weighted by Crippen LogP contribution is 2.09. The molecule has 1 aromatic heterocycles. The predicted octanol–water partition coefficient (Wildman–Crippen LogP) is 2.29. The summed E-state index contributed by atoms with van der Waals surface area (Å²) in [6.07, 6.45) is 0.931. The smallest absolute Gasteiger partial charge is 0.188 e. The van der Waals surface area contributed by atoms with E-state index in [0.717, 1.165) is 29.9 Å². The monoisotopic (exact) mass is 399 g/mol. The first kappa shape index (κ1) is 17.5. The molecule has 0 radical (unpaired) electrons. The molecule has 5 nitrogen and oxygen atoms in total. The number of aryl methyl sites for hydroxylation is 2. The topological polar surface area (TPSA) is 79.1 Å². The maximum absolute atomic E-state index is 5.86. The number of nitrogens with zero attached hydrogens (tertiary/aromatic N) is 2. The van der Waals surface area contributed by atoms with E-state index < -0.39 is 0 Å². The van der Waals surface area contributed by atoms with E-state index in [2.05, 4.69) is 32.6 Å². The molecule has 0 bridgehead atoms. The highest BCUT2D eigenvalue weighted by molar-refractivity contribution is 14.0. The van der Waals surface area contributed by atoms with Crippen molar-refractivity contribution in [3.8, 4) is 0 Å². The standard InChI is InChI=1S/C15H21N5.HI/c1-11-14(12(2)20-19-11)10-18-15(16)17-9-8-13-6-4-3-5-7-13;/h3-7H,8-10H2,1-2H3,(H,19,20)(H3,16,17,18);1H. The van der Waals surface area contributed by atoms with Crippen LogP contribution in [-0.2, 0) is 13.0 Å². The van der Waals surface area contributed by atoms with Crippen LogP contribution < -0.4 is 11.1 Å². The molecule has 0 saturated carbocycles. The summed E-state index contributed by atoms with van der Waals surface area (Å²) in [6.45, 7) is 5.29. The number of aromatic amines is 1. The number of nitrogens with two attached hydrogens (primary N) is 1. The van der Waals surface area contributed by atoms with Crippen molar-refractivity contribution < 1.29 is 0 Å². The summed E-state index contributed by atoms with van der Waals surface area (Å²) in [6, 6.07) is 10.3. The Morgan fingerprint density at radius 3 is 2.62 bits per heavy atom. The number of hydrogen-bond donors (Lipinski definition) is 3. The summed E-state index contributed by atoms with van der Waals surface area (Å²) >= 11 is 0. The minimum atomic E-state index is 0. The molecule has 4 N–H and O–H groups in total. The molecule has 0 amide bonds. The van der Waals surface area contributed by atoms with Crippen LogP contribution in [0.15, 0.2) is 35.3 Å². The van der Waals surface area contributed by atoms with Crippen molar-refractivity contribution in [1.82, 2.24) is 15.5 Å². The number of guanidine groups is 1. The van der Waals surface area contributed by atoms with Crippen LogP contribution in [0.5, 0.6) is 0 Å². The maximum atomic E-state index is 5.86. The Morgan fingerprint density at radius 1 is 1.29 bits per heavy atom. The lowest BCUT2D eigenvalue weighted by molar-refractivity contribution is 0.847. The molecule has 2 rings (SSSR count). The number of benzene rings is 1. The molecular formula is C15H22IN5. The first-order valence-electron chi connectivity index (χ1n) is 6.75. The van der Waals surface area contributed by atoms with Gasteiger partial charge < -0.3 is 11.1 Å². The van der Waals surface area contributed by atoms with Gasteiger partial charge in [-0.15, -0.1) is 24.0 Å². The number of nitrogens with one attached hydrogen (secondary N) is 2. The molecule has 0 aliphatic heterocycles. The molecule has 21 heavy (non-hydrogen) atoms. The zero-order chi connectivity index (χ0) is 14.4. The second kappa shape index (κ2) is 8.66. The Kier molecular flexibility index (Phi) is 7.21. The molecule has 1 heterocycles. The second-order valence-electron chi connectivity index (χ2n) is 4.78. The van der Waals surface area contributed by atoms with Crippen molar-refractivity contribution in [3.05, 3.63) is 52.8 Å². The lowest BCUT2D eigenvalue weighted by Crippen LogP contribution is -2.33. The molecule has 0 aliphatic rings. The molecule has 1 aromatic carbocycles. The first-order valence-corrected chi connectivity index (χ1v) is 6.75. The van der Waals surface area contributed by atoms with Gasteiger partial charge in [0.15, 0.2) is 5.96 Å². The van der Waals surface area contributed by atoms with Gasteiger partial charge in [-0.3, -0.25) is 5.10 Å². The lowest BCUT2D eigenvalue weighted by Gasteiger charge is -2.06. The molecule has 0 unspecified atom stereocenters. The summed E-state index contributed by atoms with van der Waals surface area (Å²) in [7, 11) is 0. The Morgan fingerprint density at radius 2 is 2.00 bits per heavy atom. The van der Waals surface area contributed by atoms with Gasteiger partial charge in [-0.2, -0.15) is 5.10 Å². The number of aromatic nitrogens is 2. The van der Waals surface area contributed by atoms with Gasteiger partial charge in [0.05, 0.1) is 12.2 Å². The van der Waals surface area contributed by atoms with E-state index in [4.69, 9.17) is 5.73 Å². The molecular weight excluding hydrogens is 377 g/mol. The molecule has 6 heteroatoms. The average molecular weight is 399 g/mol. The van der Waals surface area contributed by atoms with Crippen molar-refractivity contribution in [2.45, 2.75) is 26.8 Å². The van der Waals surface area contributed by atoms with Crippen LogP contribution >= 0.6 is 24.0 Å². The number of aliphatic imine (C=N–C) groups is 1. The van der Waals surface area contributed by atoms with E-state index in [-0.39, 0.29) is 24.0 Å². The highest BCUT2D eigenvalue weighted by Gasteiger charge is 2.05. The van der Waals surface area contributed by atoms with Gasteiger partial charge in [-0.05, 0) is 25.8 Å². The number of rotatable bonds is 5. The van der Waals surface area contributed by atoms with Crippen LogP contribution in [0.3, 0.4) is 0 Å². The van der Waals surface area contributed by atoms with Gasteiger partial charge in [0.2, 0.25) is 0 Å². The van der Waals surface area contributed by atoms with Gasteiger partial charge >= 0.3 is 0 Å². The summed E-state index contributed by atoms with van der Waals surface area (Å²) in [4.78, 5) is 4.34. The summed E-state index contributed by atoms with van der Waals surface area (Å²) < 4.78 is 0. The highest BCUT2D eigenvalue weighted by atomic mass is 127. The van der Waals surface area contributed by atoms with Crippen molar-refractivity contribution in [1.29, 1.82) is 0 Å². The quantitative estimate of drug-likeness (QED) is 0.410. The van der Waals surface area contributed by atoms with E-state index >= 15 is 0 Å². The van der Waals surface area contributed by atoms with Crippen LogP contribution in [0.2, 0.25) is 0 Å². The number of halogens is 1. The summed E-state index contributed by atoms with van der Waals surface area (Å²) in [5, 5.41) is 10.2. The van der Waals surface area contributed by atoms with Gasteiger partial charge in [0.25, 0.3) is 0 Å². The minimum Gasteiger partial charge on any atom is -0.370 e. The molecule has 0 fully saturated rings.